The highest BCUT2D eigenvalue weighted by Gasteiger charge is 2.64. The standard InChI is InChI=1S/C28H45F3O3/c1-21(2)13-10-11-14-22(3)15-12-16-23(4)19-24(5)20-34-26(32)27(33-6,28(29,30)31)25-17-8-7-9-18-25/h7-9,17-18,21-24H,10-16,19-20H2,1-6H3/t22?,23?,24-,27?/m0/s1. The lowest BCUT2D eigenvalue weighted by Crippen LogP contribution is -2.52. The molecule has 0 amide bonds. The molecule has 0 aliphatic rings. The Kier molecular flexibility index (Phi) is 13.2. The second kappa shape index (κ2) is 14.8. The summed E-state index contributed by atoms with van der Waals surface area (Å²) < 4.78 is 51.8. The van der Waals surface area contributed by atoms with Crippen LogP contribution in [0.5, 0.6) is 0 Å². The van der Waals surface area contributed by atoms with Crippen LogP contribution in [0.1, 0.15) is 91.5 Å². The average molecular weight is 487 g/mol. The molecule has 1 aromatic rings. The molecule has 0 aliphatic carbocycles. The molecule has 1 aromatic carbocycles. The van der Waals surface area contributed by atoms with Crippen LogP contribution in [-0.2, 0) is 19.9 Å². The van der Waals surface area contributed by atoms with E-state index < -0.39 is 17.7 Å². The van der Waals surface area contributed by atoms with Crippen LogP contribution in [0.25, 0.3) is 0 Å². The summed E-state index contributed by atoms with van der Waals surface area (Å²) in [7, 11) is 0.887. The third kappa shape index (κ3) is 9.59. The van der Waals surface area contributed by atoms with E-state index in [4.69, 9.17) is 9.47 Å². The van der Waals surface area contributed by atoms with E-state index in [1.54, 1.807) is 6.07 Å². The van der Waals surface area contributed by atoms with Crippen molar-refractivity contribution >= 4 is 5.97 Å². The Labute approximate surface area is 204 Å². The molecule has 0 spiro atoms. The number of methoxy groups -OCH3 is 1. The van der Waals surface area contributed by atoms with Gasteiger partial charge in [0.05, 0.1) is 6.61 Å². The zero-order valence-electron chi connectivity index (χ0n) is 21.9. The van der Waals surface area contributed by atoms with Gasteiger partial charge in [-0.05, 0) is 30.1 Å². The van der Waals surface area contributed by atoms with Gasteiger partial charge in [-0.25, -0.2) is 4.79 Å². The summed E-state index contributed by atoms with van der Waals surface area (Å²) >= 11 is 0. The van der Waals surface area contributed by atoms with Crippen molar-refractivity contribution < 1.29 is 27.4 Å². The van der Waals surface area contributed by atoms with Crippen molar-refractivity contribution in [3.05, 3.63) is 35.9 Å². The van der Waals surface area contributed by atoms with Crippen molar-refractivity contribution in [2.75, 3.05) is 13.7 Å². The van der Waals surface area contributed by atoms with E-state index >= 15 is 0 Å². The second-order valence-corrected chi connectivity index (χ2v) is 10.5. The number of halogens is 3. The quantitative estimate of drug-likeness (QED) is 0.174. The largest absolute Gasteiger partial charge is 0.463 e. The number of esters is 1. The molecule has 196 valence electrons. The van der Waals surface area contributed by atoms with Gasteiger partial charge in [0.1, 0.15) is 0 Å². The van der Waals surface area contributed by atoms with Crippen LogP contribution in [0.15, 0.2) is 30.3 Å². The Morgan fingerprint density at radius 3 is 1.94 bits per heavy atom. The van der Waals surface area contributed by atoms with Crippen LogP contribution >= 0.6 is 0 Å². The van der Waals surface area contributed by atoms with Crippen molar-refractivity contribution in [2.45, 2.75) is 97.8 Å². The van der Waals surface area contributed by atoms with Crippen molar-refractivity contribution in [1.29, 1.82) is 0 Å². The maximum atomic E-state index is 14.0. The van der Waals surface area contributed by atoms with Crippen LogP contribution in [0.4, 0.5) is 13.2 Å². The van der Waals surface area contributed by atoms with Crippen molar-refractivity contribution in [3.8, 4) is 0 Å². The van der Waals surface area contributed by atoms with Crippen molar-refractivity contribution in [2.24, 2.45) is 23.7 Å². The van der Waals surface area contributed by atoms with E-state index in [2.05, 4.69) is 27.7 Å². The average Bonchev–Trinajstić information content (AvgIpc) is 2.75. The summed E-state index contributed by atoms with van der Waals surface area (Å²) in [6.45, 7) is 10.8. The maximum Gasteiger partial charge on any atom is 0.432 e. The van der Waals surface area contributed by atoms with E-state index in [9.17, 15) is 18.0 Å². The molecule has 3 unspecified atom stereocenters. The fraction of sp³-hybridized carbons (Fsp3) is 0.750. The Morgan fingerprint density at radius 1 is 0.824 bits per heavy atom. The zero-order chi connectivity index (χ0) is 25.8. The highest BCUT2D eigenvalue weighted by Crippen LogP contribution is 2.43. The second-order valence-electron chi connectivity index (χ2n) is 10.5. The lowest BCUT2D eigenvalue weighted by molar-refractivity contribution is -0.276. The Morgan fingerprint density at radius 2 is 1.38 bits per heavy atom. The summed E-state index contributed by atoms with van der Waals surface area (Å²) in [6.07, 6.45) is 4.45. The smallest absolute Gasteiger partial charge is 0.432 e. The summed E-state index contributed by atoms with van der Waals surface area (Å²) in [5, 5.41) is 0. The first-order chi connectivity index (χ1) is 15.9. The minimum atomic E-state index is -4.94. The molecule has 4 atom stereocenters. The molecule has 0 aliphatic heterocycles. The number of alkyl halides is 3. The fourth-order valence-corrected chi connectivity index (χ4v) is 4.58. The number of rotatable bonds is 16. The number of ether oxygens (including phenoxy) is 2. The van der Waals surface area contributed by atoms with Gasteiger partial charge >= 0.3 is 12.1 Å². The number of hydrogen-bond donors (Lipinski definition) is 0. The van der Waals surface area contributed by atoms with Gasteiger partial charge in [0.2, 0.25) is 0 Å². The summed E-state index contributed by atoms with van der Waals surface area (Å²) in [4.78, 5) is 12.7. The number of benzene rings is 1. The molecule has 1 rings (SSSR count). The Bertz CT molecular complexity index is 690. The Hall–Kier alpha value is -1.56. The molecule has 3 nitrogen and oxygen atoms in total. The highest BCUT2D eigenvalue weighted by atomic mass is 19.4. The summed E-state index contributed by atoms with van der Waals surface area (Å²) in [5.74, 6) is 0.464. The summed E-state index contributed by atoms with van der Waals surface area (Å²) in [6, 6.07) is 6.94. The van der Waals surface area contributed by atoms with Gasteiger partial charge in [-0.1, -0.05) is 110 Å². The molecule has 0 N–H and O–H groups in total. The van der Waals surface area contributed by atoms with Gasteiger partial charge in [0.15, 0.2) is 0 Å². The van der Waals surface area contributed by atoms with E-state index in [1.165, 1.54) is 56.4 Å². The van der Waals surface area contributed by atoms with Crippen LogP contribution in [0.2, 0.25) is 0 Å². The topological polar surface area (TPSA) is 35.5 Å². The first-order valence-electron chi connectivity index (χ1n) is 12.8. The predicted molar refractivity (Wildman–Crippen MR) is 131 cm³/mol. The highest BCUT2D eigenvalue weighted by molar-refractivity contribution is 5.82. The molecule has 0 bridgehead atoms. The third-order valence-corrected chi connectivity index (χ3v) is 6.60. The van der Waals surface area contributed by atoms with Gasteiger partial charge in [0.25, 0.3) is 5.60 Å². The molecule has 0 saturated carbocycles. The first-order valence-corrected chi connectivity index (χ1v) is 12.8. The van der Waals surface area contributed by atoms with Gasteiger partial charge < -0.3 is 9.47 Å². The molecule has 0 aromatic heterocycles. The molecule has 34 heavy (non-hydrogen) atoms. The minimum absolute atomic E-state index is 0.0361. The Balaban J connectivity index is 2.48. The molecule has 0 radical (unpaired) electrons. The lowest BCUT2D eigenvalue weighted by atomic mass is 9.90. The SMILES string of the molecule is COC(C(=O)OC[C@@H](C)CC(C)CCCC(C)CCCCC(C)C)(c1ccccc1)C(F)(F)F. The van der Waals surface area contributed by atoms with Crippen LogP contribution in [-0.4, -0.2) is 25.9 Å². The van der Waals surface area contributed by atoms with E-state index in [0.29, 0.717) is 5.92 Å². The van der Waals surface area contributed by atoms with E-state index in [-0.39, 0.29) is 18.1 Å². The third-order valence-electron chi connectivity index (χ3n) is 6.60. The molecule has 0 saturated heterocycles. The van der Waals surface area contributed by atoms with Gasteiger partial charge in [-0.2, -0.15) is 13.2 Å². The molecular weight excluding hydrogens is 441 g/mol. The lowest BCUT2D eigenvalue weighted by Gasteiger charge is -2.32. The minimum Gasteiger partial charge on any atom is -0.463 e. The van der Waals surface area contributed by atoms with Crippen LogP contribution < -0.4 is 0 Å². The number of carbonyl (C=O) groups excluding carboxylic acids is 1. The van der Waals surface area contributed by atoms with Crippen molar-refractivity contribution in [3.63, 3.8) is 0 Å². The van der Waals surface area contributed by atoms with Crippen molar-refractivity contribution in [1.82, 2.24) is 0 Å². The van der Waals surface area contributed by atoms with Crippen LogP contribution in [0.3, 0.4) is 0 Å². The molecule has 6 heteroatoms. The molecule has 0 fully saturated rings. The first kappa shape index (κ1) is 30.5. The summed E-state index contributed by atoms with van der Waals surface area (Å²) in [5.41, 5.74) is -3.40. The molecular formula is C28H45F3O3. The van der Waals surface area contributed by atoms with Gasteiger partial charge in [-0.15, -0.1) is 0 Å². The van der Waals surface area contributed by atoms with E-state index in [0.717, 1.165) is 38.2 Å². The zero-order valence-corrected chi connectivity index (χ0v) is 21.9. The monoisotopic (exact) mass is 486 g/mol. The number of unbranched alkanes of at least 4 members (excludes halogenated alkanes) is 1. The van der Waals surface area contributed by atoms with Gasteiger partial charge in [0, 0.05) is 12.7 Å². The fourth-order valence-electron chi connectivity index (χ4n) is 4.58. The van der Waals surface area contributed by atoms with Gasteiger partial charge in [-0.3, -0.25) is 0 Å². The number of hydrogen-bond acceptors (Lipinski definition) is 3. The molecule has 0 heterocycles. The van der Waals surface area contributed by atoms with Crippen LogP contribution in [0, 0.1) is 23.7 Å². The maximum absolute atomic E-state index is 14.0. The predicted octanol–water partition coefficient (Wildman–Crippen LogP) is 8.32. The number of carbonyl (C=O) groups is 1. The normalized spacial score (nSPS) is 16.6. The van der Waals surface area contributed by atoms with E-state index in [1.807, 2.05) is 6.92 Å².